The summed E-state index contributed by atoms with van der Waals surface area (Å²) in [5.74, 6) is 0.691. The summed E-state index contributed by atoms with van der Waals surface area (Å²) in [6, 6.07) is 0. The molecule has 0 aliphatic heterocycles. The normalized spacial score (nSPS) is 14.2. The predicted octanol–water partition coefficient (Wildman–Crippen LogP) is 3.23. The minimum absolute atomic E-state index is 0.0699. The van der Waals surface area contributed by atoms with Gasteiger partial charge in [0.1, 0.15) is 0 Å². The summed E-state index contributed by atoms with van der Waals surface area (Å²) in [7, 11) is 0. The highest BCUT2D eigenvalue weighted by molar-refractivity contribution is 4.63. The summed E-state index contributed by atoms with van der Waals surface area (Å²) in [6.07, 6.45) is 2.59. The van der Waals surface area contributed by atoms with Crippen molar-refractivity contribution < 1.29 is 9.47 Å². The van der Waals surface area contributed by atoms with E-state index in [1.165, 1.54) is 0 Å². The zero-order chi connectivity index (χ0) is 14.0. The zero-order valence-corrected chi connectivity index (χ0v) is 13.2. The highest BCUT2D eigenvalue weighted by atomic mass is 16.5. The molecule has 0 heterocycles. The summed E-state index contributed by atoms with van der Waals surface area (Å²) in [5.41, 5.74) is -0.0699. The van der Waals surface area contributed by atoms with Gasteiger partial charge < -0.3 is 14.8 Å². The summed E-state index contributed by atoms with van der Waals surface area (Å²) in [6.45, 7) is 16.2. The van der Waals surface area contributed by atoms with Gasteiger partial charge in [-0.15, -0.1) is 0 Å². The van der Waals surface area contributed by atoms with E-state index in [-0.39, 0.29) is 5.60 Å². The Kier molecular flexibility index (Phi) is 9.70. The van der Waals surface area contributed by atoms with Crippen LogP contribution in [0.1, 0.15) is 54.4 Å². The fourth-order valence-corrected chi connectivity index (χ4v) is 1.66. The van der Waals surface area contributed by atoms with Crippen LogP contribution < -0.4 is 5.32 Å². The second kappa shape index (κ2) is 9.76. The van der Waals surface area contributed by atoms with Crippen molar-refractivity contribution in [2.45, 2.75) is 66.1 Å². The van der Waals surface area contributed by atoms with Gasteiger partial charge in [0, 0.05) is 6.54 Å². The van der Waals surface area contributed by atoms with E-state index >= 15 is 0 Å². The fraction of sp³-hybridized carbons (Fsp3) is 1.00. The minimum atomic E-state index is -0.0699. The lowest BCUT2D eigenvalue weighted by Crippen LogP contribution is -2.32. The average molecular weight is 259 g/mol. The van der Waals surface area contributed by atoms with Gasteiger partial charge >= 0.3 is 0 Å². The highest BCUT2D eigenvalue weighted by Gasteiger charge is 2.11. The highest BCUT2D eigenvalue weighted by Crippen LogP contribution is 2.07. The molecule has 0 bridgehead atoms. The molecule has 0 aromatic rings. The van der Waals surface area contributed by atoms with Crippen molar-refractivity contribution in [3.05, 3.63) is 0 Å². The lowest BCUT2D eigenvalue weighted by molar-refractivity contribution is -0.0525. The van der Waals surface area contributed by atoms with Crippen molar-refractivity contribution in [3.8, 4) is 0 Å². The van der Waals surface area contributed by atoms with Crippen molar-refractivity contribution in [1.82, 2.24) is 5.32 Å². The second-order valence-corrected chi connectivity index (χ2v) is 6.29. The smallest absolute Gasteiger partial charge is 0.0707 e. The molecule has 0 radical (unpaired) electrons. The molecule has 0 aromatic carbocycles. The summed E-state index contributed by atoms with van der Waals surface area (Å²) >= 11 is 0. The molecule has 0 saturated heterocycles. The van der Waals surface area contributed by atoms with Crippen LogP contribution in [0.5, 0.6) is 0 Å². The largest absolute Gasteiger partial charge is 0.375 e. The fourth-order valence-electron chi connectivity index (χ4n) is 1.66. The van der Waals surface area contributed by atoms with Crippen molar-refractivity contribution in [2.24, 2.45) is 5.92 Å². The van der Waals surface area contributed by atoms with Gasteiger partial charge in [-0.1, -0.05) is 27.2 Å². The number of hydrogen-bond acceptors (Lipinski definition) is 3. The van der Waals surface area contributed by atoms with Gasteiger partial charge in [-0.05, 0) is 39.7 Å². The molecule has 110 valence electrons. The van der Waals surface area contributed by atoms with Crippen molar-refractivity contribution >= 4 is 0 Å². The molecule has 3 heteroatoms. The lowest BCUT2D eigenvalue weighted by Gasteiger charge is -2.22. The van der Waals surface area contributed by atoms with E-state index in [9.17, 15) is 0 Å². The Hall–Kier alpha value is -0.120. The molecule has 0 saturated carbocycles. The van der Waals surface area contributed by atoms with E-state index in [2.05, 4.69) is 46.9 Å². The van der Waals surface area contributed by atoms with Gasteiger partial charge in [-0.3, -0.25) is 0 Å². The van der Waals surface area contributed by atoms with E-state index in [4.69, 9.17) is 9.47 Å². The first-order valence-corrected chi connectivity index (χ1v) is 7.31. The summed E-state index contributed by atoms with van der Waals surface area (Å²) in [4.78, 5) is 0. The van der Waals surface area contributed by atoms with Crippen LogP contribution in [0.3, 0.4) is 0 Å². The quantitative estimate of drug-likeness (QED) is 0.611. The Morgan fingerprint density at radius 3 is 2.22 bits per heavy atom. The van der Waals surface area contributed by atoms with Gasteiger partial charge in [0.15, 0.2) is 0 Å². The van der Waals surface area contributed by atoms with E-state index in [1.807, 2.05) is 0 Å². The summed E-state index contributed by atoms with van der Waals surface area (Å²) < 4.78 is 11.5. The molecule has 0 fully saturated rings. The van der Waals surface area contributed by atoms with Gasteiger partial charge in [-0.25, -0.2) is 0 Å². The Morgan fingerprint density at radius 2 is 1.72 bits per heavy atom. The Balaban J connectivity index is 3.69. The number of hydrogen-bond donors (Lipinski definition) is 1. The third-order valence-electron chi connectivity index (χ3n) is 2.51. The number of ether oxygens (including phenoxy) is 2. The third kappa shape index (κ3) is 12.3. The van der Waals surface area contributed by atoms with Crippen molar-refractivity contribution in [1.29, 1.82) is 0 Å². The van der Waals surface area contributed by atoms with E-state index in [1.54, 1.807) is 0 Å². The van der Waals surface area contributed by atoms with Crippen LogP contribution in [0.25, 0.3) is 0 Å². The minimum Gasteiger partial charge on any atom is -0.375 e. The van der Waals surface area contributed by atoms with Crippen LogP contribution in [0.4, 0.5) is 0 Å². The zero-order valence-electron chi connectivity index (χ0n) is 13.2. The number of nitrogens with one attached hydrogen (secondary N) is 1. The molecule has 1 N–H and O–H groups in total. The molecule has 0 aliphatic rings. The molecule has 0 amide bonds. The Bertz CT molecular complexity index is 187. The standard InChI is InChI=1S/C15H33NO2/c1-7-8-14(12-16-11-13(2)3)17-9-10-18-15(4,5)6/h13-14,16H,7-12H2,1-6H3. The molecular weight excluding hydrogens is 226 g/mol. The second-order valence-electron chi connectivity index (χ2n) is 6.29. The Labute approximate surface area is 114 Å². The number of rotatable bonds is 10. The van der Waals surface area contributed by atoms with Crippen LogP contribution in [-0.2, 0) is 9.47 Å². The van der Waals surface area contributed by atoms with Crippen LogP contribution in [-0.4, -0.2) is 38.0 Å². The van der Waals surface area contributed by atoms with Gasteiger partial charge in [-0.2, -0.15) is 0 Å². The third-order valence-corrected chi connectivity index (χ3v) is 2.51. The van der Waals surface area contributed by atoms with Crippen LogP contribution in [0.15, 0.2) is 0 Å². The molecule has 3 nitrogen and oxygen atoms in total. The molecule has 0 rings (SSSR count). The molecule has 1 atom stereocenters. The van der Waals surface area contributed by atoms with Crippen LogP contribution in [0.2, 0.25) is 0 Å². The molecule has 0 aromatic heterocycles. The Morgan fingerprint density at radius 1 is 1.06 bits per heavy atom. The first-order chi connectivity index (χ1) is 8.35. The molecule has 1 unspecified atom stereocenters. The van der Waals surface area contributed by atoms with Crippen molar-refractivity contribution in [2.75, 3.05) is 26.3 Å². The first kappa shape index (κ1) is 17.9. The van der Waals surface area contributed by atoms with Crippen molar-refractivity contribution in [3.63, 3.8) is 0 Å². The van der Waals surface area contributed by atoms with E-state index < -0.39 is 0 Å². The molecular formula is C15H33NO2. The topological polar surface area (TPSA) is 30.5 Å². The first-order valence-electron chi connectivity index (χ1n) is 7.31. The van der Waals surface area contributed by atoms with Crippen LogP contribution in [0, 0.1) is 5.92 Å². The average Bonchev–Trinajstić information content (AvgIpc) is 2.22. The maximum Gasteiger partial charge on any atom is 0.0707 e. The van der Waals surface area contributed by atoms with Crippen LogP contribution >= 0.6 is 0 Å². The predicted molar refractivity (Wildman–Crippen MR) is 78.1 cm³/mol. The summed E-state index contributed by atoms with van der Waals surface area (Å²) in [5, 5.41) is 3.46. The SMILES string of the molecule is CCCC(CNCC(C)C)OCCOC(C)(C)C. The van der Waals surface area contributed by atoms with Gasteiger partial charge in [0.2, 0.25) is 0 Å². The maximum atomic E-state index is 5.87. The lowest BCUT2D eigenvalue weighted by atomic mass is 10.2. The van der Waals surface area contributed by atoms with Gasteiger partial charge in [0.25, 0.3) is 0 Å². The molecule has 0 spiro atoms. The van der Waals surface area contributed by atoms with Gasteiger partial charge in [0.05, 0.1) is 24.9 Å². The maximum absolute atomic E-state index is 5.87. The molecule has 18 heavy (non-hydrogen) atoms. The monoisotopic (exact) mass is 259 g/mol. The van der Waals surface area contributed by atoms with E-state index in [0.29, 0.717) is 25.2 Å². The van der Waals surface area contributed by atoms with E-state index in [0.717, 1.165) is 25.9 Å². The molecule has 0 aliphatic carbocycles.